The SMILES string of the molecule is O=C(CCc1ccccc1)n1nc(-c2ccncc2)nc1NCc1ccc(F)cc1. The number of pyridine rings is 1. The highest BCUT2D eigenvalue weighted by atomic mass is 19.1. The third-order valence-electron chi connectivity index (χ3n) is 4.62. The molecule has 0 radical (unpaired) electrons. The van der Waals surface area contributed by atoms with Gasteiger partial charge in [-0.1, -0.05) is 42.5 Å². The molecular formula is C23H20FN5O. The zero-order valence-electron chi connectivity index (χ0n) is 16.2. The van der Waals surface area contributed by atoms with Crippen LogP contribution in [0.2, 0.25) is 0 Å². The summed E-state index contributed by atoms with van der Waals surface area (Å²) in [5.74, 6) is 0.336. The first-order chi connectivity index (χ1) is 14.7. The number of halogens is 1. The summed E-state index contributed by atoms with van der Waals surface area (Å²) in [5.41, 5.74) is 2.72. The average molecular weight is 401 g/mol. The lowest BCUT2D eigenvalue weighted by molar-refractivity contribution is 0.0890. The van der Waals surface area contributed by atoms with Crippen LogP contribution in [-0.2, 0) is 13.0 Å². The van der Waals surface area contributed by atoms with E-state index in [4.69, 9.17) is 0 Å². The molecule has 0 saturated heterocycles. The van der Waals surface area contributed by atoms with Crippen molar-refractivity contribution >= 4 is 11.9 Å². The highest BCUT2D eigenvalue weighted by Gasteiger charge is 2.17. The molecule has 6 nitrogen and oxygen atoms in total. The lowest BCUT2D eigenvalue weighted by Crippen LogP contribution is -2.17. The molecule has 150 valence electrons. The van der Waals surface area contributed by atoms with Crippen molar-refractivity contribution in [2.45, 2.75) is 19.4 Å². The normalized spacial score (nSPS) is 10.7. The van der Waals surface area contributed by atoms with Crippen LogP contribution in [0.3, 0.4) is 0 Å². The second kappa shape index (κ2) is 9.09. The second-order valence-electron chi connectivity index (χ2n) is 6.77. The molecule has 4 rings (SSSR count). The van der Waals surface area contributed by atoms with Crippen molar-refractivity contribution in [2.24, 2.45) is 0 Å². The number of nitrogens with zero attached hydrogens (tertiary/aromatic N) is 4. The van der Waals surface area contributed by atoms with Gasteiger partial charge in [-0.15, -0.1) is 5.10 Å². The van der Waals surface area contributed by atoms with Crippen molar-refractivity contribution in [1.82, 2.24) is 19.7 Å². The standard InChI is InChI=1S/C23H20FN5O/c24-20-9-6-18(7-10-20)16-26-23-27-22(19-12-14-25-15-13-19)28-29(23)21(30)11-8-17-4-2-1-3-5-17/h1-7,9-10,12-15H,8,11,16H2,(H,26,27,28). The molecule has 7 heteroatoms. The Kier molecular flexibility index (Phi) is 5.89. The van der Waals surface area contributed by atoms with Crippen LogP contribution in [0.25, 0.3) is 11.4 Å². The van der Waals surface area contributed by atoms with E-state index >= 15 is 0 Å². The number of aryl methyl sites for hydroxylation is 1. The summed E-state index contributed by atoms with van der Waals surface area (Å²) >= 11 is 0. The Morgan fingerprint density at radius 2 is 1.67 bits per heavy atom. The predicted molar refractivity (Wildman–Crippen MR) is 112 cm³/mol. The van der Waals surface area contributed by atoms with Crippen molar-refractivity contribution < 1.29 is 9.18 Å². The Labute approximate surface area is 173 Å². The summed E-state index contributed by atoms with van der Waals surface area (Å²) in [6.07, 6.45) is 4.22. The molecule has 0 unspecified atom stereocenters. The number of benzene rings is 2. The van der Waals surface area contributed by atoms with Crippen LogP contribution in [0.5, 0.6) is 0 Å². The zero-order valence-corrected chi connectivity index (χ0v) is 16.2. The topological polar surface area (TPSA) is 72.7 Å². The van der Waals surface area contributed by atoms with E-state index < -0.39 is 0 Å². The van der Waals surface area contributed by atoms with Gasteiger partial charge in [0.2, 0.25) is 11.9 Å². The summed E-state index contributed by atoms with van der Waals surface area (Å²) in [5, 5.41) is 7.57. The number of nitrogens with one attached hydrogen (secondary N) is 1. The molecular weight excluding hydrogens is 381 g/mol. The minimum Gasteiger partial charge on any atom is -0.350 e. The molecule has 0 saturated carbocycles. The fraction of sp³-hybridized carbons (Fsp3) is 0.130. The molecule has 0 aliphatic rings. The number of carbonyl (C=O) groups is 1. The van der Waals surface area contributed by atoms with Gasteiger partial charge in [-0.3, -0.25) is 9.78 Å². The van der Waals surface area contributed by atoms with Gasteiger partial charge in [0.05, 0.1) is 0 Å². The largest absolute Gasteiger partial charge is 0.350 e. The minimum atomic E-state index is -0.294. The van der Waals surface area contributed by atoms with E-state index in [1.807, 2.05) is 30.3 Å². The van der Waals surface area contributed by atoms with Crippen LogP contribution in [0.1, 0.15) is 22.3 Å². The molecule has 2 aromatic carbocycles. The third kappa shape index (κ3) is 4.75. The predicted octanol–water partition coefficient (Wildman–Crippen LogP) is 4.36. The summed E-state index contributed by atoms with van der Waals surface area (Å²) in [6, 6.07) is 19.6. The first-order valence-electron chi connectivity index (χ1n) is 9.62. The Hall–Kier alpha value is -3.87. The molecule has 0 amide bonds. The average Bonchev–Trinajstić information content (AvgIpc) is 3.23. The van der Waals surface area contributed by atoms with Gasteiger partial charge in [0.1, 0.15) is 5.82 Å². The van der Waals surface area contributed by atoms with E-state index in [2.05, 4.69) is 20.4 Å². The van der Waals surface area contributed by atoms with E-state index in [0.29, 0.717) is 31.2 Å². The highest BCUT2D eigenvalue weighted by Crippen LogP contribution is 2.18. The number of rotatable bonds is 7. The van der Waals surface area contributed by atoms with Gasteiger partial charge in [0.15, 0.2) is 5.82 Å². The molecule has 0 fully saturated rings. The van der Waals surface area contributed by atoms with Crippen LogP contribution < -0.4 is 5.32 Å². The number of anilines is 1. The summed E-state index contributed by atoms with van der Waals surface area (Å²) in [6.45, 7) is 0.390. The molecule has 1 N–H and O–H groups in total. The van der Waals surface area contributed by atoms with E-state index in [0.717, 1.165) is 16.7 Å². The monoisotopic (exact) mass is 401 g/mol. The van der Waals surface area contributed by atoms with Gasteiger partial charge < -0.3 is 5.32 Å². The fourth-order valence-corrected chi connectivity index (χ4v) is 3.01. The summed E-state index contributed by atoms with van der Waals surface area (Å²) in [4.78, 5) is 21.4. The minimum absolute atomic E-state index is 0.159. The summed E-state index contributed by atoms with van der Waals surface area (Å²) < 4.78 is 14.4. The molecule has 2 aromatic heterocycles. The van der Waals surface area contributed by atoms with Crippen molar-refractivity contribution in [3.05, 3.63) is 96.1 Å². The number of hydrogen-bond donors (Lipinski definition) is 1. The summed E-state index contributed by atoms with van der Waals surface area (Å²) in [7, 11) is 0. The molecule has 2 heterocycles. The van der Waals surface area contributed by atoms with Gasteiger partial charge in [-0.05, 0) is 41.8 Å². The number of hydrogen-bond acceptors (Lipinski definition) is 5. The molecule has 0 aliphatic carbocycles. The number of aromatic nitrogens is 4. The fourth-order valence-electron chi connectivity index (χ4n) is 3.01. The quantitative estimate of drug-likeness (QED) is 0.498. The van der Waals surface area contributed by atoms with Gasteiger partial charge >= 0.3 is 0 Å². The van der Waals surface area contributed by atoms with E-state index in [9.17, 15) is 9.18 Å². The molecule has 0 atom stereocenters. The second-order valence-corrected chi connectivity index (χ2v) is 6.77. The molecule has 0 spiro atoms. The van der Waals surface area contributed by atoms with Crippen LogP contribution in [0, 0.1) is 5.82 Å². The maximum Gasteiger partial charge on any atom is 0.250 e. The van der Waals surface area contributed by atoms with E-state index in [-0.39, 0.29) is 11.7 Å². The van der Waals surface area contributed by atoms with Gasteiger partial charge in [-0.25, -0.2) is 4.39 Å². The zero-order chi connectivity index (χ0) is 20.8. The van der Waals surface area contributed by atoms with Gasteiger partial charge in [0, 0.05) is 30.9 Å². The lowest BCUT2D eigenvalue weighted by Gasteiger charge is -2.07. The van der Waals surface area contributed by atoms with Crippen molar-refractivity contribution in [3.8, 4) is 11.4 Å². The Bertz CT molecular complexity index is 1110. The van der Waals surface area contributed by atoms with Crippen LogP contribution >= 0.6 is 0 Å². The number of carbonyl (C=O) groups excluding carboxylic acids is 1. The van der Waals surface area contributed by atoms with Crippen molar-refractivity contribution in [1.29, 1.82) is 0 Å². The van der Waals surface area contributed by atoms with Crippen LogP contribution in [0.4, 0.5) is 10.3 Å². The smallest absolute Gasteiger partial charge is 0.250 e. The molecule has 4 aromatic rings. The van der Waals surface area contributed by atoms with Crippen molar-refractivity contribution in [2.75, 3.05) is 5.32 Å². The maximum atomic E-state index is 13.1. The van der Waals surface area contributed by atoms with Gasteiger partial charge in [0.25, 0.3) is 0 Å². The van der Waals surface area contributed by atoms with Crippen LogP contribution in [0.15, 0.2) is 79.1 Å². The Morgan fingerprint density at radius 1 is 0.933 bits per heavy atom. The van der Waals surface area contributed by atoms with Crippen LogP contribution in [-0.4, -0.2) is 25.7 Å². The molecule has 0 bridgehead atoms. The Balaban J connectivity index is 1.55. The van der Waals surface area contributed by atoms with E-state index in [1.54, 1.807) is 36.7 Å². The molecule has 30 heavy (non-hydrogen) atoms. The van der Waals surface area contributed by atoms with Crippen molar-refractivity contribution in [3.63, 3.8) is 0 Å². The third-order valence-corrected chi connectivity index (χ3v) is 4.62. The first kappa shape index (κ1) is 19.4. The lowest BCUT2D eigenvalue weighted by atomic mass is 10.1. The highest BCUT2D eigenvalue weighted by molar-refractivity contribution is 5.81. The van der Waals surface area contributed by atoms with Gasteiger partial charge in [-0.2, -0.15) is 9.67 Å². The first-order valence-corrected chi connectivity index (χ1v) is 9.62. The Morgan fingerprint density at radius 3 is 2.40 bits per heavy atom. The molecule has 0 aliphatic heterocycles. The van der Waals surface area contributed by atoms with E-state index in [1.165, 1.54) is 16.8 Å². The maximum absolute atomic E-state index is 13.1.